The Labute approximate surface area is 182 Å². The second-order valence-corrected chi connectivity index (χ2v) is 8.52. The van der Waals surface area contributed by atoms with Gasteiger partial charge in [-0.05, 0) is 48.9 Å². The van der Waals surface area contributed by atoms with Gasteiger partial charge in [-0.25, -0.2) is 0 Å². The van der Waals surface area contributed by atoms with Gasteiger partial charge in [0.15, 0.2) is 11.5 Å². The maximum atomic E-state index is 13.0. The summed E-state index contributed by atoms with van der Waals surface area (Å²) in [6.07, 6.45) is 1.46. The summed E-state index contributed by atoms with van der Waals surface area (Å²) in [4.78, 5) is 29.4. The van der Waals surface area contributed by atoms with Gasteiger partial charge in [0.1, 0.15) is 6.61 Å². The topological polar surface area (TPSA) is 59.1 Å². The molecule has 0 bridgehead atoms. The van der Waals surface area contributed by atoms with E-state index in [1.165, 1.54) is 0 Å². The van der Waals surface area contributed by atoms with Crippen LogP contribution in [0, 0.1) is 5.92 Å². The number of thiophene rings is 1. The fourth-order valence-corrected chi connectivity index (χ4v) is 4.35. The van der Waals surface area contributed by atoms with Crippen molar-refractivity contribution in [1.29, 1.82) is 0 Å². The van der Waals surface area contributed by atoms with Crippen LogP contribution in [0.1, 0.15) is 37.1 Å². The minimum Gasteiger partial charge on any atom is -0.493 e. The fraction of sp³-hybridized carbons (Fsp3) is 0.478. The third kappa shape index (κ3) is 5.53. The molecule has 0 unspecified atom stereocenters. The Morgan fingerprint density at radius 3 is 2.57 bits per heavy atom. The normalized spacial score (nSPS) is 14.4. The number of likely N-dealkylation sites (tertiary alicyclic amines) is 1. The minimum absolute atomic E-state index is 0.0177. The van der Waals surface area contributed by atoms with Gasteiger partial charge in [-0.15, -0.1) is 11.3 Å². The summed E-state index contributed by atoms with van der Waals surface area (Å²) in [6, 6.07) is 9.88. The van der Waals surface area contributed by atoms with Crippen LogP contribution < -0.4 is 9.47 Å². The van der Waals surface area contributed by atoms with E-state index in [-0.39, 0.29) is 17.7 Å². The van der Waals surface area contributed by atoms with Crippen LogP contribution in [-0.2, 0) is 22.7 Å². The average molecular weight is 431 g/mol. The molecule has 1 aromatic carbocycles. The SMILES string of the molecule is CCN(Cc1ccc(OCc2cccs2)c(OC)c1)C(=O)C1CCN(C(C)=O)CC1. The van der Waals surface area contributed by atoms with Crippen molar-refractivity contribution in [3.63, 3.8) is 0 Å². The average Bonchev–Trinajstić information content (AvgIpc) is 3.29. The van der Waals surface area contributed by atoms with Gasteiger partial charge in [0.05, 0.1) is 7.11 Å². The molecule has 7 heteroatoms. The summed E-state index contributed by atoms with van der Waals surface area (Å²) in [7, 11) is 1.63. The van der Waals surface area contributed by atoms with Gasteiger partial charge in [0.2, 0.25) is 11.8 Å². The predicted molar refractivity (Wildman–Crippen MR) is 118 cm³/mol. The third-order valence-corrected chi connectivity index (χ3v) is 6.38. The lowest BCUT2D eigenvalue weighted by Gasteiger charge is -2.33. The van der Waals surface area contributed by atoms with E-state index in [1.807, 2.05) is 52.4 Å². The number of hydrogen-bond acceptors (Lipinski definition) is 5. The van der Waals surface area contributed by atoms with Crippen molar-refractivity contribution >= 4 is 23.2 Å². The first-order valence-electron chi connectivity index (χ1n) is 10.4. The summed E-state index contributed by atoms with van der Waals surface area (Å²) in [5, 5.41) is 2.03. The van der Waals surface area contributed by atoms with Crippen molar-refractivity contribution in [2.24, 2.45) is 5.92 Å². The largest absolute Gasteiger partial charge is 0.493 e. The zero-order valence-electron chi connectivity index (χ0n) is 17.9. The van der Waals surface area contributed by atoms with Crippen LogP contribution in [0.3, 0.4) is 0 Å². The highest BCUT2D eigenvalue weighted by Crippen LogP contribution is 2.30. The summed E-state index contributed by atoms with van der Waals surface area (Å²) < 4.78 is 11.4. The molecule has 0 spiro atoms. The number of nitrogens with zero attached hydrogens (tertiary/aromatic N) is 2. The molecule has 2 heterocycles. The first-order valence-corrected chi connectivity index (χ1v) is 11.3. The van der Waals surface area contributed by atoms with E-state index in [0.29, 0.717) is 44.3 Å². The summed E-state index contributed by atoms with van der Waals surface area (Å²) in [6.45, 7) is 6.58. The number of benzene rings is 1. The first kappa shape index (κ1) is 22.2. The molecule has 2 aromatic rings. The van der Waals surface area contributed by atoms with Crippen LogP contribution >= 0.6 is 11.3 Å². The van der Waals surface area contributed by atoms with Gasteiger partial charge < -0.3 is 19.3 Å². The lowest BCUT2D eigenvalue weighted by atomic mass is 9.95. The maximum Gasteiger partial charge on any atom is 0.226 e. The number of rotatable bonds is 8. The van der Waals surface area contributed by atoms with Crippen LogP contribution in [0.25, 0.3) is 0 Å². The molecule has 30 heavy (non-hydrogen) atoms. The molecule has 6 nitrogen and oxygen atoms in total. The van der Waals surface area contributed by atoms with E-state index in [9.17, 15) is 9.59 Å². The highest BCUT2D eigenvalue weighted by molar-refractivity contribution is 7.09. The quantitative estimate of drug-likeness (QED) is 0.636. The molecular weight excluding hydrogens is 400 g/mol. The molecule has 1 aliphatic rings. The molecular formula is C23H30N2O4S. The van der Waals surface area contributed by atoms with Gasteiger partial charge in [0.25, 0.3) is 0 Å². The summed E-state index contributed by atoms with van der Waals surface area (Å²) >= 11 is 1.66. The standard InChI is InChI=1S/C23H30N2O4S/c1-4-24(23(27)19-9-11-25(12-10-19)17(2)26)15-18-7-8-21(22(14-18)28-3)29-16-20-6-5-13-30-20/h5-8,13-14,19H,4,9-12,15-16H2,1-3H3. The van der Waals surface area contributed by atoms with Gasteiger partial charge in [0, 0.05) is 43.9 Å². The maximum absolute atomic E-state index is 13.0. The molecule has 3 rings (SSSR count). The lowest BCUT2D eigenvalue weighted by Crippen LogP contribution is -2.43. The Morgan fingerprint density at radius 2 is 1.97 bits per heavy atom. The number of carbonyl (C=O) groups excluding carboxylic acids is 2. The van der Waals surface area contributed by atoms with Crippen LogP contribution in [0.5, 0.6) is 11.5 Å². The molecule has 0 atom stereocenters. The molecule has 1 fully saturated rings. The van der Waals surface area contributed by atoms with E-state index < -0.39 is 0 Å². The fourth-order valence-electron chi connectivity index (χ4n) is 3.74. The molecule has 1 aliphatic heterocycles. The second kappa shape index (κ2) is 10.5. The third-order valence-electron chi connectivity index (χ3n) is 5.53. The van der Waals surface area contributed by atoms with Gasteiger partial charge >= 0.3 is 0 Å². The number of piperidine rings is 1. The molecule has 162 valence electrons. The van der Waals surface area contributed by atoms with E-state index in [2.05, 4.69) is 0 Å². The van der Waals surface area contributed by atoms with E-state index in [0.717, 1.165) is 23.3 Å². The molecule has 0 aliphatic carbocycles. The van der Waals surface area contributed by atoms with Crippen LogP contribution in [0.4, 0.5) is 0 Å². The predicted octanol–water partition coefficient (Wildman–Crippen LogP) is 3.94. The highest BCUT2D eigenvalue weighted by atomic mass is 32.1. The van der Waals surface area contributed by atoms with Crippen molar-refractivity contribution < 1.29 is 19.1 Å². The Balaban J connectivity index is 1.61. The van der Waals surface area contributed by atoms with Crippen molar-refractivity contribution in [3.05, 3.63) is 46.2 Å². The van der Waals surface area contributed by atoms with E-state index >= 15 is 0 Å². The summed E-state index contributed by atoms with van der Waals surface area (Å²) in [5.74, 6) is 1.60. The molecule has 0 saturated carbocycles. The molecule has 2 amide bonds. The van der Waals surface area contributed by atoms with Crippen molar-refractivity contribution in [1.82, 2.24) is 9.80 Å². The Bertz CT molecular complexity index is 845. The number of carbonyl (C=O) groups is 2. The number of ether oxygens (including phenoxy) is 2. The molecule has 0 N–H and O–H groups in total. The van der Waals surface area contributed by atoms with E-state index in [1.54, 1.807) is 25.4 Å². The zero-order chi connectivity index (χ0) is 21.5. The second-order valence-electron chi connectivity index (χ2n) is 7.49. The van der Waals surface area contributed by atoms with E-state index in [4.69, 9.17) is 9.47 Å². The van der Waals surface area contributed by atoms with Crippen LogP contribution in [0.2, 0.25) is 0 Å². The molecule has 1 aromatic heterocycles. The number of hydrogen-bond donors (Lipinski definition) is 0. The molecule has 1 saturated heterocycles. The Hall–Kier alpha value is -2.54. The molecule has 0 radical (unpaired) electrons. The van der Waals surface area contributed by atoms with Crippen LogP contribution in [0.15, 0.2) is 35.7 Å². The monoisotopic (exact) mass is 430 g/mol. The van der Waals surface area contributed by atoms with Gasteiger partial charge in [-0.1, -0.05) is 12.1 Å². The van der Waals surface area contributed by atoms with Crippen molar-refractivity contribution in [3.8, 4) is 11.5 Å². The summed E-state index contributed by atoms with van der Waals surface area (Å²) in [5.41, 5.74) is 1.01. The Kier molecular flexibility index (Phi) is 7.74. The smallest absolute Gasteiger partial charge is 0.226 e. The highest BCUT2D eigenvalue weighted by Gasteiger charge is 2.29. The van der Waals surface area contributed by atoms with Gasteiger partial charge in [-0.3, -0.25) is 9.59 Å². The van der Waals surface area contributed by atoms with Gasteiger partial charge in [-0.2, -0.15) is 0 Å². The zero-order valence-corrected chi connectivity index (χ0v) is 18.7. The van der Waals surface area contributed by atoms with Crippen LogP contribution in [-0.4, -0.2) is 48.4 Å². The van der Waals surface area contributed by atoms with Crippen molar-refractivity contribution in [2.45, 2.75) is 39.8 Å². The lowest BCUT2D eigenvalue weighted by molar-refractivity contribution is -0.140. The van der Waals surface area contributed by atoms with Crippen molar-refractivity contribution in [2.75, 3.05) is 26.7 Å². The Morgan fingerprint density at radius 1 is 1.20 bits per heavy atom. The first-order chi connectivity index (χ1) is 14.5. The number of amides is 2. The number of methoxy groups -OCH3 is 1. The minimum atomic E-state index is -0.0177.